The zero-order chi connectivity index (χ0) is 23.3. The van der Waals surface area contributed by atoms with Crippen molar-refractivity contribution in [2.45, 2.75) is 55.5 Å². The lowest BCUT2D eigenvalue weighted by Gasteiger charge is -2.29. The Hall–Kier alpha value is -3.00. The van der Waals surface area contributed by atoms with E-state index in [2.05, 4.69) is 5.32 Å². The van der Waals surface area contributed by atoms with E-state index in [1.54, 1.807) is 32.9 Å². The summed E-state index contributed by atoms with van der Waals surface area (Å²) in [4.78, 5) is 40.9. The molecule has 1 aliphatic heterocycles. The lowest BCUT2D eigenvalue weighted by Crippen LogP contribution is -2.52. The summed E-state index contributed by atoms with van der Waals surface area (Å²) in [6.07, 6.45) is -0.229. The lowest BCUT2D eigenvalue weighted by molar-refractivity contribution is -0.134. The third-order valence-corrected chi connectivity index (χ3v) is 6.08. The molecular formula is C24H28N2O5S. The first-order valence-electron chi connectivity index (χ1n) is 10.4. The summed E-state index contributed by atoms with van der Waals surface area (Å²) in [6.45, 7) is 5.53. The summed E-state index contributed by atoms with van der Waals surface area (Å²) in [5.41, 5.74) is 0.0425. The van der Waals surface area contributed by atoms with Crippen LogP contribution in [-0.4, -0.2) is 51.4 Å². The van der Waals surface area contributed by atoms with Crippen LogP contribution in [0, 0.1) is 0 Å². The monoisotopic (exact) mass is 456 g/mol. The maximum Gasteiger partial charge on any atom is 0.408 e. The van der Waals surface area contributed by atoms with Crippen LogP contribution < -0.4 is 5.32 Å². The number of phenols is 1. The van der Waals surface area contributed by atoms with Crippen LogP contribution in [0.2, 0.25) is 0 Å². The number of likely N-dealkylation sites (tertiary alicyclic amines) is 1. The molecule has 8 heteroatoms. The number of Topliss-reactive ketones (excluding diaryl/α,β-unsaturated/α-hetero) is 1. The van der Waals surface area contributed by atoms with Crippen molar-refractivity contribution >= 4 is 29.5 Å². The van der Waals surface area contributed by atoms with Gasteiger partial charge < -0.3 is 20.1 Å². The molecule has 0 bridgehead atoms. The molecule has 1 saturated heterocycles. The highest BCUT2D eigenvalue weighted by Gasteiger charge is 2.40. The van der Waals surface area contributed by atoms with Crippen molar-refractivity contribution in [3.05, 3.63) is 60.2 Å². The van der Waals surface area contributed by atoms with Crippen LogP contribution in [0.1, 0.15) is 32.8 Å². The molecule has 2 amide bonds. The first-order valence-corrected chi connectivity index (χ1v) is 11.3. The van der Waals surface area contributed by atoms with Crippen LogP contribution >= 0.6 is 11.8 Å². The highest BCUT2D eigenvalue weighted by molar-refractivity contribution is 8.00. The van der Waals surface area contributed by atoms with Gasteiger partial charge in [0.1, 0.15) is 22.8 Å². The Kier molecular flexibility index (Phi) is 7.45. The molecule has 0 spiro atoms. The smallest absolute Gasteiger partial charge is 0.408 e. The molecule has 0 unspecified atom stereocenters. The fraction of sp³-hybridized carbons (Fsp3) is 0.375. The van der Waals surface area contributed by atoms with E-state index >= 15 is 0 Å². The van der Waals surface area contributed by atoms with Gasteiger partial charge in [-0.3, -0.25) is 9.59 Å². The Labute approximate surface area is 192 Å². The van der Waals surface area contributed by atoms with Gasteiger partial charge in [0.05, 0.1) is 0 Å². The number of aromatic hydroxyl groups is 1. The van der Waals surface area contributed by atoms with E-state index in [0.717, 1.165) is 10.5 Å². The second-order valence-electron chi connectivity index (χ2n) is 8.60. The van der Waals surface area contributed by atoms with Crippen LogP contribution in [0.5, 0.6) is 5.75 Å². The van der Waals surface area contributed by atoms with E-state index in [1.165, 1.54) is 28.8 Å². The second-order valence-corrected chi connectivity index (χ2v) is 9.75. The summed E-state index contributed by atoms with van der Waals surface area (Å²) in [5.74, 6) is -0.253. The maximum absolute atomic E-state index is 13.5. The summed E-state index contributed by atoms with van der Waals surface area (Å²) in [6, 6.07) is 15.0. The topological polar surface area (TPSA) is 95.9 Å². The summed E-state index contributed by atoms with van der Waals surface area (Å²) < 4.78 is 5.35. The fourth-order valence-corrected chi connectivity index (χ4v) is 4.50. The molecule has 2 N–H and O–H groups in total. The molecule has 170 valence electrons. The molecule has 2 aromatic rings. The Morgan fingerprint density at radius 3 is 2.44 bits per heavy atom. The van der Waals surface area contributed by atoms with Gasteiger partial charge in [0.25, 0.3) is 0 Å². The summed E-state index contributed by atoms with van der Waals surface area (Å²) in [5, 5.41) is 11.6. The Morgan fingerprint density at radius 1 is 1.16 bits per heavy atom. The summed E-state index contributed by atoms with van der Waals surface area (Å²) >= 11 is 1.33. The van der Waals surface area contributed by atoms with Gasteiger partial charge in [-0.15, -0.1) is 0 Å². The van der Waals surface area contributed by atoms with Crippen molar-refractivity contribution in [2.75, 3.05) is 6.54 Å². The Bertz CT molecular complexity index is 957. The SMILES string of the molecule is CC(C)(C)OC(=O)N[C@@H](Cc1ccc(O)cc1)C(=O)N1CCC(=O)[C@@H]1Sc1ccccc1. The van der Waals surface area contributed by atoms with E-state index in [4.69, 9.17) is 4.74 Å². The number of amides is 2. The molecular weight excluding hydrogens is 428 g/mol. The fourth-order valence-electron chi connectivity index (χ4n) is 3.35. The number of benzene rings is 2. The summed E-state index contributed by atoms with van der Waals surface area (Å²) in [7, 11) is 0. The molecule has 0 saturated carbocycles. The van der Waals surface area contributed by atoms with Crippen molar-refractivity contribution in [3.63, 3.8) is 0 Å². The minimum atomic E-state index is -0.917. The van der Waals surface area contributed by atoms with Gasteiger partial charge in [0, 0.05) is 24.3 Å². The van der Waals surface area contributed by atoms with E-state index in [0.29, 0.717) is 6.54 Å². The number of thioether (sulfide) groups is 1. The zero-order valence-electron chi connectivity index (χ0n) is 18.4. The average molecular weight is 457 g/mol. The van der Waals surface area contributed by atoms with Gasteiger partial charge in [-0.1, -0.05) is 42.1 Å². The standard InChI is InChI=1S/C24H28N2O5S/c1-24(2,3)31-23(30)25-19(15-16-9-11-17(27)12-10-16)21(29)26-14-13-20(28)22(26)32-18-7-5-4-6-8-18/h4-12,19,22,27H,13-15H2,1-3H3,(H,25,30)/t19-,22-/m0/s1. The Balaban J connectivity index is 1.81. The first kappa shape index (κ1) is 23.7. The Morgan fingerprint density at radius 2 is 1.81 bits per heavy atom. The van der Waals surface area contributed by atoms with Crippen LogP contribution in [0.15, 0.2) is 59.5 Å². The molecule has 7 nitrogen and oxygen atoms in total. The van der Waals surface area contributed by atoms with E-state index < -0.39 is 23.1 Å². The molecule has 1 fully saturated rings. The third kappa shape index (κ3) is 6.50. The molecule has 1 aliphatic rings. The molecule has 32 heavy (non-hydrogen) atoms. The number of phenolic OH excluding ortho intramolecular Hbond substituents is 1. The van der Waals surface area contributed by atoms with Gasteiger partial charge in [-0.25, -0.2) is 4.79 Å². The minimum Gasteiger partial charge on any atom is -0.508 e. The number of hydrogen-bond acceptors (Lipinski definition) is 6. The van der Waals surface area contributed by atoms with Crippen LogP contribution in [0.3, 0.4) is 0 Å². The molecule has 0 aromatic heterocycles. The second kappa shape index (κ2) is 10.1. The van der Waals surface area contributed by atoms with Gasteiger partial charge in [-0.05, 0) is 50.6 Å². The molecule has 2 atom stereocenters. The van der Waals surface area contributed by atoms with Crippen molar-refractivity contribution in [2.24, 2.45) is 0 Å². The average Bonchev–Trinajstić information content (AvgIpc) is 3.08. The predicted octanol–water partition coefficient (Wildman–Crippen LogP) is 3.75. The number of nitrogens with one attached hydrogen (secondary N) is 1. The maximum atomic E-state index is 13.5. The van der Waals surface area contributed by atoms with E-state index in [-0.39, 0.29) is 30.3 Å². The quantitative estimate of drug-likeness (QED) is 0.687. The van der Waals surface area contributed by atoms with Crippen LogP contribution in [-0.2, 0) is 20.7 Å². The van der Waals surface area contributed by atoms with Crippen molar-refractivity contribution < 1.29 is 24.2 Å². The van der Waals surface area contributed by atoms with Crippen molar-refractivity contribution in [3.8, 4) is 5.75 Å². The van der Waals surface area contributed by atoms with Crippen molar-refractivity contribution in [1.29, 1.82) is 0 Å². The number of nitrogens with zero attached hydrogens (tertiary/aromatic N) is 1. The van der Waals surface area contributed by atoms with Crippen molar-refractivity contribution in [1.82, 2.24) is 10.2 Å². The molecule has 2 aromatic carbocycles. The normalized spacial score (nSPS) is 17.2. The molecule has 1 heterocycles. The largest absolute Gasteiger partial charge is 0.508 e. The minimum absolute atomic E-state index is 0.0205. The lowest BCUT2D eigenvalue weighted by atomic mass is 10.0. The van der Waals surface area contributed by atoms with E-state index in [1.807, 2.05) is 30.3 Å². The number of rotatable bonds is 6. The van der Waals surface area contributed by atoms with Crippen LogP contribution in [0.4, 0.5) is 4.79 Å². The van der Waals surface area contributed by atoms with Gasteiger partial charge in [0.15, 0.2) is 5.78 Å². The number of hydrogen-bond donors (Lipinski definition) is 2. The zero-order valence-corrected chi connectivity index (χ0v) is 19.2. The van der Waals surface area contributed by atoms with E-state index in [9.17, 15) is 19.5 Å². The van der Waals surface area contributed by atoms with Crippen LogP contribution in [0.25, 0.3) is 0 Å². The molecule has 3 rings (SSSR count). The van der Waals surface area contributed by atoms with Gasteiger partial charge in [-0.2, -0.15) is 0 Å². The first-order chi connectivity index (χ1) is 15.1. The number of carbonyl (C=O) groups excluding carboxylic acids is 3. The molecule has 0 radical (unpaired) electrons. The number of ketones is 1. The number of ether oxygens (including phenoxy) is 1. The highest BCUT2D eigenvalue weighted by atomic mass is 32.2. The highest BCUT2D eigenvalue weighted by Crippen LogP contribution is 2.31. The molecule has 0 aliphatic carbocycles. The third-order valence-electron chi connectivity index (χ3n) is 4.80. The number of alkyl carbamates (subject to hydrolysis) is 1. The van der Waals surface area contributed by atoms with Gasteiger partial charge >= 0.3 is 6.09 Å². The van der Waals surface area contributed by atoms with Gasteiger partial charge in [0.2, 0.25) is 5.91 Å². The number of carbonyl (C=O) groups is 3. The predicted molar refractivity (Wildman–Crippen MR) is 122 cm³/mol.